The fraction of sp³-hybridized carbons (Fsp3) is 0.276. The number of fused-ring (bicyclic) bond motifs is 1. The highest BCUT2D eigenvalue weighted by Gasteiger charge is 2.24. The summed E-state index contributed by atoms with van der Waals surface area (Å²) in [6, 6.07) is 21.4. The molecule has 2 atom stereocenters. The van der Waals surface area contributed by atoms with E-state index in [0.717, 1.165) is 39.0 Å². The van der Waals surface area contributed by atoms with Crippen LogP contribution >= 0.6 is 11.6 Å². The van der Waals surface area contributed by atoms with Crippen LogP contribution in [0.2, 0.25) is 5.02 Å². The maximum atomic E-state index is 10.9. The normalized spacial score (nSPS) is 12.8. The zero-order valence-electron chi connectivity index (χ0n) is 20.5. The molecule has 4 rings (SSSR count). The summed E-state index contributed by atoms with van der Waals surface area (Å²) in [5, 5.41) is 13.9. The van der Waals surface area contributed by atoms with Gasteiger partial charge in [-0.3, -0.25) is 4.79 Å². The average Bonchev–Trinajstić information content (AvgIpc) is 3.24. The van der Waals surface area contributed by atoms with Gasteiger partial charge in [0.05, 0.1) is 12.3 Å². The van der Waals surface area contributed by atoms with Gasteiger partial charge >= 0.3 is 0 Å². The summed E-state index contributed by atoms with van der Waals surface area (Å²) >= 11 is 6.34. The number of amides is 1. The zero-order chi connectivity index (χ0) is 25.5. The summed E-state index contributed by atoms with van der Waals surface area (Å²) in [6.45, 7) is 4.46. The van der Waals surface area contributed by atoms with Gasteiger partial charge in [-0.15, -0.1) is 0 Å². The molecule has 0 aliphatic carbocycles. The lowest BCUT2D eigenvalue weighted by atomic mass is 9.99. The van der Waals surface area contributed by atoms with Gasteiger partial charge < -0.3 is 24.9 Å². The van der Waals surface area contributed by atoms with Crippen LogP contribution in [0.5, 0.6) is 11.5 Å². The number of halogens is 1. The lowest BCUT2D eigenvalue weighted by molar-refractivity contribution is -0.109. The van der Waals surface area contributed by atoms with Crippen LogP contribution in [-0.2, 0) is 11.2 Å². The van der Waals surface area contributed by atoms with E-state index in [0.29, 0.717) is 36.6 Å². The van der Waals surface area contributed by atoms with Crippen molar-refractivity contribution in [1.29, 1.82) is 0 Å². The SMILES string of the molecule is CCC(CO)Oc1ccc(C(Oc2ccc(C)cc2)c2[nH]c3ccc(Cl)cc3c2CCNC=O)cc1. The van der Waals surface area contributed by atoms with Gasteiger partial charge in [-0.05, 0) is 73.4 Å². The van der Waals surface area contributed by atoms with Gasteiger partial charge in [0.25, 0.3) is 0 Å². The van der Waals surface area contributed by atoms with Crippen molar-refractivity contribution in [3.05, 3.63) is 94.1 Å². The third kappa shape index (κ3) is 6.01. The summed E-state index contributed by atoms with van der Waals surface area (Å²) in [6.07, 6.45) is 1.34. The third-order valence-electron chi connectivity index (χ3n) is 6.19. The predicted octanol–water partition coefficient (Wildman–Crippen LogP) is 5.74. The first-order valence-corrected chi connectivity index (χ1v) is 12.5. The maximum Gasteiger partial charge on any atom is 0.207 e. The minimum Gasteiger partial charge on any atom is -0.488 e. The van der Waals surface area contributed by atoms with Crippen LogP contribution in [0.25, 0.3) is 10.9 Å². The molecule has 0 saturated carbocycles. The lowest BCUT2D eigenvalue weighted by Gasteiger charge is -2.22. The van der Waals surface area contributed by atoms with Crippen molar-refractivity contribution in [2.24, 2.45) is 0 Å². The number of ether oxygens (including phenoxy) is 2. The Balaban J connectivity index is 1.77. The molecule has 0 saturated heterocycles. The van der Waals surface area contributed by atoms with Crippen LogP contribution in [0.3, 0.4) is 0 Å². The summed E-state index contributed by atoms with van der Waals surface area (Å²) in [4.78, 5) is 14.5. The Morgan fingerprint density at radius 3 is 2.39 bits per heavy atom. The number of aromatic nitrogens is 1. The second-order valence-corrected chi connectivity index (χ2v) is 9.18. The summed E-state index contributed by atoms with van der Waals surface area (Å²) in [5.41, 5.74) is 4.96. The molecule has 36 heavy (non-hydrogen) atoms. The number of carbonyl (C=O) groups is 1. The van der Waals surface area contributed by atoms with Crippen molar-refractivity contribution in [3.63, 3.8) is 0 Å². The summed E-state index contributed by atoms with van der Waals surface area (Å²) in [7, 11) is 0. The summed E-state index contributed by atoms with van der Waals surface area (Å²) in [5.74, 6) is 1.43. The molecule has 0 fully saturated rings. The molecular weight excluding hydrogens is 476 g/mol. The molecule has 3 aromatic carbocycles. The highest BCUT2D eigenvalue weighted by Crippen LogP contribution is 2.36. The monoisotopic (exact) mass is 506 g/mol. The molecule has 4 aromatic rings. The van der Waals surface area contributed by atoms with Crippen LogP contribution in [0, 0.1) is 6.92 Å². The van der Waals surface area contributed by atoms with E-state index in [9.17, 15) is 9.90 Å². The van der Waals surface area contributed by atoms with Gasteiger partial charge in [0.15, 0.2) is 6.10 Å². The van der Waals surface area contributed by atoms with E-state index in [2.05, 4.69) is 10.3 Å². The standard InChI is InChI=1S/C29H31ClN2O4/c1-3-22(17-33)35-23-11-6-20(7-12-23)29(36-24-9-4-19(2)5-10-24)28-25(14-15-31-18-34)26-16-21(30)8-13-27(26)32-28/h4-13,16,18,22,29,32-33H,3,14-15,17H2,1-2H3,(H,31,34). The molecule has 0 spiro atoms. The molecule has 3 N–H and O–H groups in total. The molecule has 188 valence electrons. The molecular formula is C29H31ClN2O4. The van der Waals surface area contributed by atoms with Crippen LogP contribution in [-0.4, -0.2) is 35.8 Å². The Bertz CT molecular complexity index is 1280. The third-order valence-corrected chi connectivity index (χ3v) is 6.42. The Morgan fingerprint density at radius 1 is 1.03 bits per heavy atom. The van der Waals surface area contributed by atoms with Crippen LogP contribution in [0.4, 0.5) is 0 Å². The van der Waals surface area contributed by atoms with Crippen LogP contribution in [0.1, 0.15) is 41.8 Å². The first kappa shape index (κ1) is 25.6. The minimum atomic E-state index is -0.445. The molecule has 1 amide bonds. The van der Waals surface area contributed by atoms with Gasteiger partial charge in [-0.2, -0.15) is 0 Å². The number of aliphatic hydroxyl groups excluding tert-OH is 1. The molecule has 6 nitrogen and oxygen atoms in total. The fourth-order valence-electron chi connectivity index (χ4n) is 4.20. The van der Waals surface area contributed by atoms with E-state index in [4.69, 9.17) is 21.1 Å². The maximum absolute atomic E-state index is 10.9. The number of carbonyl (C=O) groups excluding carboxylic acids is 1. The number of H-pyrrole nitrogens is 1. The Labute approximate surface area is 216 Å². The van der Waals surface area contributed by atoms with Crippen molar-refractivity contribution >= 4 is 28.9 Å². The first-order valence-electron chi connectivity index (χ1n) is 12.1. The molecule has 0 aliphatic heterocycles. The quantitative estimate of drug-likeness (QED) is 0.169. The average molecular weight is 507 g/mol. The summed E-state index contributed by atoms with van der Waals surface area (Å²) < 4.78 is 12.5. The topological polar surface area (TPSA) is 83.6 Å². The molecule has 2 unspecified atom stereocenters. The Hall–Kier alpha value is -3.48. The number of aryl methyl sites for hydroxylation is 1. The second kappa shape index (κ2) is 12.0. The van der Waals surface area contributed by atoms with E-state index < -0.39 is 6.10 Å². The molecule has 0 bridgehead atoms. The minimum absolute atomic E-state index is 0.0345. The Morgan fingerprint density at radius 2 is 1.72 bits per heavy atom. The largest absolute Gasteiger partial charge is 0.488 e. The number of nitrogens with one attached hydrogen (secondary N) is 2. The molecule has 1 heterocycles. The van der Waals surface area contributed by atoms with Gasteiger partial charge in [-0.1, -0.05) is 48.4 Å². The van der Waals surface area contributed by atoms with Gasteiger partial charge in [0.2, 0.25) is 6.41 Å². The van der Waals surface area contributed by atoms with Gasteiger partial charge in [0, 0.05) is 22.5 Å². The highest BCUT2D eigenvalue weighted by atomic mass is 35.5. The number of aliphatic hydroxyl groups is 1. The molecule has 0 radical (unpaired) electrons. The smallest absolute Gasteiger partial charge is 0.207 e. The van der Waals surface area contributed by atoms with E-state index in [-0.39, 0.29) is 12.7 Å². The van der Waals surface area contributed by atoms with E-state index in [1.165, 1.54) is 0 Å². The van der Waals surface area contributed by atoms with E-state index >= 15 is 0 Å². The number of hydrogen-bond donors (Lipinski definition) is 3. The van der Waals surface area contributed by atoms with Crippen LogP contribution in [0.15, 0.2) is 66.7 Å². The van der Waals surface area contributed by atoms with Crippen LogP contribution < -0.4 is 14.8 Å². The van der Waals surface area contributed by atoms with Crippen molar-refractivity contribution in [3.8, 4) is 11.5 Å². The van der Waals surface area contributed by atoms with Gasteiger partial charge in [0.1, 0.15) is 17.6 Å². The van der Waals surface area contributed by atoms with Crippen molar-refractivity contribution in [1.82, 2.24) is 10.3 Å². The number of benzene rings is 3. The molecule has 7 heteroatoms. The Kier molecular flexibility index (Phi) is 8.52. The lowest BCUT2D eigenvalue weighted by Crippen LogP contribution is -2.20. The van der Waals surface area contributed by atoms with Gasteiger partial charge in [-0.25, -0.2) is 0 Å². The highest BCUT2D eigenvalue weighted by molar-refractivity contribution is 6.31. The van der Waals surface area contributed by atoms with Crippen molar-refractivity contribution in [2.45, 2.75) is 38.9 Å². The van der Waals surface area contributed by atoms with E-state index in [1.54, 1.807) is 0 Å². The van der Waals surface area contributed by atoms with Crippen molar-refractivity contribution < 1.29 is 19.4 Å². The zero-order valence-corrected chi connectivity index (χ0v) is 21.2. The first-order chi connectivity index (χ1) is 17.5. The fourth-order valence-corrected chi connectivity index (χ4v) is 4.37. The number of rotatable bonds is 12. The number of aromatic amines is 1. The van der Waals surface area contributed by atoms with Crippen molar-refractivity contribution in [2.75, 3.05) is 13.2 Å². The number of hydrogen-bond acceptors (Lipinski definition) is 4. The second-order valence-electron chi connectivity index (χ2n) is 8.74. The predicted molar refractivity (Wildman–Crippen MR) is 143 cm³/mol. The molecule has 1 aromatic heterocycles. The molecule has 0 aliphatic rings. The van der Waals surface area contributed by atoms with E-state index in [1.807, 2.05) is 80.6 Å².